The van der Waals surface area contributed by atoms with Gasteiger partial charge in [-0.1, -0.05) is 0 Å². The molecule has 0 fully saturated rings. The summed E-state index contributed by atoms with van der Waals surface area (Å²) in [4.78, 5) is 3.91. The van der Waals surface area contributed by atoms with Crippen LogP contribution in [0.1, 0.15) is 17.7 Å². The molecule has 0 atom stereocenters. The minimum absolute atomic E-state index is 0.610. The second-order valence-corrected chi connectivity index (χ2v) is 3.27. The Bertz CT molecular complexity index is 316. The van der Waals surface area contributed by atoms with Crippen molar-refractivity contribution in [1.82, 2.24) is 20.9 Å². The Kier molecular flexibility index (Phi) is 4.62. The molecule has 0 aromatic carbocycles. The minimum Gasteiger partial charge on any atom is -0.355 e. The van der Waals surface area contributed by atoms with Crippen molar-refractivity contribution in [2.45, 2.75) is 19.8 Å². The molecule has 0 aliphatic carbocycles. The summed E-state index contributed by atoms with van der Waals surface area (Å²) in [6.07, 6.45) is 3.88. The maximum absolute atomic E-state index is 5.23. The first-order valence-electron chi connectivity index (χ1n) is 4.94. The Balaban J connectivity index is 2.20. The van der Waals surface area contributed by atoms with E-state index in [1.54, 1.807) is 7.05 Å². The van der Waals surface area contributed by atoms with Crippen LogP contribution in [0.2, 0.25) is 0 Å². The van der Waals surface area contributed by atoms with Gasteiger partial charge in [-0.25, -0.2) is 5.84 Å². The van der Waals surface area contributed by atoms with Crippen LogP contribution in [0.5, 0.6) is 0 Å². The molecule has 15 heavy (non-hydrogen) atoms. The largest absolute Gasteiger partial charge is 0.355 e. The van der Waals surface area contributed by atoms with E-state index in [0.29, 0.717) is 5.96 Å². The lowest BCUT2D eigenvalue weighted by atomic mass is 10.1. The van der Waals surface area contributed by atoms with Crippen molar-refractivity contribution >= 4 is 5.96 Å². The number of aromatic nitrogens is 2. The van der Waals surface area contributed by atoms with Crippen LogP contribution in [0.4, 0.5) is 0 Å². The van der Waals surface area contributed by atoms with Gasteiger partial charge in [0.1, 0.15) is 0 Å². The number of hydrogen-bond donors (Lipinski definition) is 4. The van der Waals surface area contributed by atoms with Gasteiger partial charge in [-0.15, -0.1) is 0 Å². The molecule has 0 bridgehead atoms. The van der Waals surface area contributed by atoms with E-state index in [1.165, 1.54) is 5.56 Å². The highest BCUT2D eigenvalue weighted by molar-refractivity contribution is 5.78. The van der Waals surface area contributed by atoms with Crippen molar-refractivity contribution in [1.29, 1.82) is 0 Å². The number of nitrogens with zero attached hydrogens (tertiary/aromatic N) is 2. The van der Waals surface area contributed by atoms with Gasteiger partial charge in [0, 0.05) is 19.3 Å². The summed E-state index contributed by atoms with van der Waals surface area (Å²) in [6, 6.07) is 0. The fourth-order valence-electron chi connectivity index (χ4n) is 1.31. The first-order valence-corrected chi connectivity index (χ1v) is 4.94. The van der Waals surface area contributed by atoms with Gasteiger partial charge < -0.3 is 5.32 Å². The fourth-order valence-corrected chi connectivity index (χ4v) is 1.31. The molecule has 0 spiro atoms. The highest BCUT2D eigenvalue weighted by Crippen LogP contribution is 2.04. The average Bonchev–Trinajstić information content (AvgIpc) is 2.65. The molecule has 1 aromatic rings. The number of aliphatic imine (C=N–C) groups is 1. The van der Waals surface area contributed by atoms with E-state index in [9.17, 15) is 0 Å². The zero-order chi connectivity index (χ0) is 11.1. The first-order chi connectivity index (χ1) is 7.27. The zero-order valence-corrected chi connectivity index (χ0v) is 9.17. The van der Waals surface area contributed by atoms with Gasteiger partial charge in [-0.2, -0.15) is 5.10 Å². The molecule has 6 heteroatoms. The maximum atomic E-state index is 5.23. The number of H-pyrrole nitrogens is 1. The van der Waals surface area contributed by atoms with Crippen LogP contribution >= 0.6 is 0 Å². The van der Waals surface area contributed by atoms with Crippen molar-refractivity contribution in [2.24, 2.45) is 10.8 Å². The summed E-state index contributed by atoms with van der Waals surface area (Å²) >= 11 is 0. The van der Waals surface area contributed by atoms with Gasteiger partial charge >= 0.3 is 0 Å². The third kappa shape index (κ3) is 3.59. The van der Waals surface area contributed by atoms with Gasteiger partial charge in [0.05, 0.1) is 6.20 Å². The fraction of sp³-hybridized carbons (Fsp3) is 0.556. The summed E-state index contributed by atoms with van der Waals surface area (Å²) in [5.74, 6) is 5.84. The predicted molar refractivity (Wildman–Crippen MR) is 60.3 cm³/mol. The molecule has 0 aliphatic heterocycles. The number of rotatable bonds is 4. The van der Waals surface area contributed by atoms with Gasteiger partial charge in [-0.3, -0.25) is 15.5 Å². The Labute approximate surface area is 89.3 Å². The number of nitrogens with one attached hydrogen (secondary N) is 3. The lowest BCUT2D eigenvalue weighted by Gasteiger charge is -2.07. The van der Waals surface area contributed by atoms with Crippen molar-refractivity contribution < 1.29 is 0 Å². The summed E-state index contributed by atoms with van der Waals surface area (Å²) in [5.41, 5.74) is 4.87. The predicted octanol–water partition coefficient (Wildman–Crippen LogP) is -0.311. The second kappa shape index (κ2) is 6.02. The number of guanidine groups is 1. The van der Waals surface area contributed by atoms with Gasteiger partial charge in [0.2, 0.25) is 5.96 Å². The number of hydrogen-bond acceptors (Lipinski definition) is 3. The molecule has 1 heterocycles. The van der Waals surface area contributed by atoms with Crippen molar-refractivity contribution in [3.05, 3.63) is 17.5 Å². The molecular formula is C9H18N6. The number of aromatic amines is 1. The maximum Gasteiger partial charge on any atom is 0.205 e. The van der Waals surface area contributed by atoms with E-state index < -0.39 is 0 Å². The van der Waals surface area contributed by atoms with Crippen LogP contribution in [-0.4, -0.2) is 29.7 Å². The summed E-state index contributed by atoms with van der Waals surface area (Å²) < 4.78 is 0. The normalized spacial score (nSPS) is 11.5. The quantitative estimate of drug-likeness (QED) is 0.180. The van der Waals surface area contributed by atoms with E-state index in [1.807, 2.05) is 13.1 Å². The van der Waals surface area contributed by atoms with Crippen LogP contribution < -0.4 is 16.6 Å². The Morgan fingerprint density at radius 2 is 2.47 bits per heavy atom. The third-order valence-corrected chi connectivity index (χ3v) is 2.21. The minimum atomic E-state index is 0.610. The number of nitrogens with two attached hydrogens (primary N) is 1. The molecule has 84 valence electrons. The monoisotopic (exact) mass is 210 g/mol. The van der Waals surface area contributed by atoms with E-state index in [4.69, 9.17) is 5.84 Å². The summed E-state index contributed by atoms with van der Waals surface area (Å²) in [7, 11) is 1.68. The number of hydrazine groups is 1. The van der Waals surface area contributed by atoms with E-state index in [0.717, 1.165) is 25.1 Å². The highest BCUT2D eigenvalue weighted by atomic mass is 15.3. The topological polar surface area (TPSA) is 91.1 Å². The lowest BCUT2D eigenvalue weighted by Crippen LogP contribution is -2.41. The molecule has 6 nitrogen and oxygen atoms in total. The molecule has 1 rings (SSSR count). The summed E-state index contributed by atoms with van der Waals surface area (Å²) in [6.45, 7) is 2.86. The third-order valence-electron chi connectivity index (χ3n) is 2.21. The summed E-state index contributed by atoms with van der Waals surface area (Å²) in [5, 5.41) is 9.96. The van der Waals surface area contributed by atoms with Crippen LogP contribution in [0.3, 0.4) is 0 Å². The van der Waals surface area contributed by atoms with Gasteiger partial charge in [0.15, 0.2) is 0 Å². The molecule has 0 radical (unpaired) electrons. The Hall–Kier alpha value is -1.56. The van der Waals surface area contributed by atoms with Crippen molar-refractivity contribution in [3.63, 3.8) is 0 Å². The molecule has 0 aliphatic rings. The standard InChI is InChI=1S/C9H18N6/c1-7-8(6-13-15-7)4-3-5-12-9(11-2)14-10/h6H,3-5,10H2,1-2H3,(H,13,15)(H2,11,12,14). The molecule has 1 aromatic heterocycles. The van der Waals surface area contributed by atoms with Crippen LogP contribution in [0.25, 0.3) is 0 Å². The van der Waals surface area contributed by atoms with Crippen LogP contribution in [0, 0.1) is 6.92 Å². The van der Waals surface area contributed by atoms with Crippen molar-refractivity contribution in [2.75, 3.05) is 13.6 Å². The molecular weight excluding hydrogens is 192 g/mol. The van der Waals surface area contributed by atoms with Crippen LogP contribution in [0.15, 0.2) is 11.2 Å². The van der Waals surface area contributed by atoms with Crippen LogP contribution in [-0.2, 0) is 6.42 Å². The Morgan fingerprint density at radius 3 is 3.00 bits per heavy atom. The zero-order valence-electron chi connectivity index (χ0n) is 9.17. The van der Waals surface area contributed by atoms with E-state index >= 15 is 0 Å². The molecule has 0 saturated carbocycles. The number of aryl methyl sites for hydroxylation is 2. The molecule has 5 N–H and O–H groups in total. The molecule has 0 unspecified atom stereocenters. The highest BCUT2D eigenvalue weighted by Gasteiger charge is 1.99. The first kappa shape index (κ1) is 11.5. The second-order valence-electron chi connectivity index (χ2n) is 3.27. The van der Waals surface area contributed by atoms with E-state index in [-0.39, 0.29) is 0 Å². The van der Waals surface area contributed by atoms with Gasteiger partial charge in [0.25, 0.3) is 0 Å². The molecule has 0 amide bonds. The Morgan fingerprint density at radius 1 is 1.67 bits per heavy atom. The molecule has 0 saturated heterocycles. The van der Waals surface area contributed by atoms with Gasteiger partial charge in [-0.05, 0) is 25.3 Å². The SMILES string of the molecule is CN=C(NN)NCCCc1cn[nH]c1C. The van der Waals surface area contributed by atoms with Crippen molar-refractivity contribution in [3.8, 4) is 0 Å². The smallest absolute Gasteiger partial charge is 0.205 e. The average molecular weight is 210 g/mol. The lowest BCUT2D eigenvalue weighted by molar-refractivity contribution is 0.748. The van der Waals surface area contributed by atoms with E-state index in [2.05, 4.69) is 25.9 Å².